The average molecular weight is 399 g/mol. The fourth-order valence-corrected chi connectivity index (χ4v) is 4.26. The number of likely N-dealkylation sites (tertiary alicyclic amines) is 1. The van der Waals surface area contributed by atoms with Gasteiger partial charge in [0.2, 0.25) is 0 Å². The van der Waals surface area contributed by atoms with Gasteiger partial charge in [-0.25, -0.2) is 9.97 Å². The van der Waals surface area contributed by atoms with Crippen LogP contribution in [0.3, 0.4) is 0 Å². The Hall–Kier alpha value is -3.25. The number of hydrogen-bond donors (Lipinski definition) is 2. The zero-order chi connectivity index (χ0) is 20.3. The van der Waals surface area contributed by atoms with Gasteiger partial charge in [-0.05, 0) is 18.4 Å². The smallest absolute Gasteiger partial charge is 0.270 e. The second-order valence-corrected chi connectivity index (χ2v) is 7.95. The highest BCUT2D eigenvalue weighted by molar-refractivity contribution is 5.96. The summed E-state index contributed by atoms with van der Waals surface area (Å²) < 4.78 is 0. The lowest BCUT2D eigenvalue weighted by molar-refractivity contribution is 0.0940. The molecule has 3 aromatic rings. The molecule has 2 aromatic carbocycles. The van der Waals surface area contributed by atoms with Crippen molar-refractivity contribution in [2.24, 2.45) is 0 Å². The number of fused-ring (bicyclic) bond motifs is 1. The molecule has 1 saturated heterocycles. The molecule has 30 heavy (non-hydrogen) atoms. The molecule has 6 nitrogen and oxygen atoms in total. The molecule has 0 bridgehead atoms. The van der Waals surface area contributed by atoms with Crippen LogP contribution in [0, 0.1) is 0 Å². The minimum atomic E-state index is -0.115. The number of benzene rings is 2. The first-order chi connectivity index (χ1) is 14.8. The molecule has 1 fully saturated rings. The standard InChI is InChI=1S/C24H25N5O/c30-24-21-20(11-13-25-24)23(28-22(27-21)18-9-5-2-6-10-18)26-19-12-14-29(16-19)15-17-7-3-1-4-8-17/h1-10,19H,11-16H2,(H,25,30)(H,26,27,28). The number of aromatic nitrogens is 2. The van der Waals surface area contributed by atoms with Crippen LogP contribution in [0.1, 0.15) is 28.0 Å². The summed E-state index contributed by atoms with van der Waals surface area (Å²) in [4.78, 5) is 24.4. The number of carbonyl (C=O) groups is 1. The van der Waals surface area contributed by atoms with E-state index in [1.165, 1.54) is 5.56 Å². The first-order valence-corrected chi connectivity index (χ1v) is 10.5. The Bertz CT molecular complexity index is 1040. The average Bonchev–Trinajstić information content (AvgIpc) is 3.22. The molecular weight excluding hydrogens is 374 g/mol. The molecular formula is C24H25N5O. The highest BCUT2D eigenvalue weighted by atomic mass is 16.1. The lowest BCUT2D eigenvalue weighted by atomic mass is 10.0. The van der Waals surface area contributed by atoms with Gasteiger partial charge in [0.05, 0.1) is 0 Å². The molecule has 0 saturated carbocycles. The zero-order valence-corrected chi connectivity index (χ0v) is 16.8. The number of rotatable bonds is 5. The normalized spacial score (nSPS) is 18.7. The highest BCUT2D eigenvalue weighted by Crippen LogP contribution is 2.27. The van der Waals surface area contributed by atoms with E-state index in [1.54, 1.807) is 0 Å². The van der Waals surface area contributed by atoms with Gasteiger partial charge in [0.25, 0.3) is 5.91 Å². The van der Waals surface area contributed by atoms with Crippen LogP contribution >= 0.6 is 0 Å². The van der Waals surface area contributed by atoms with Crippen molar-refractivity contribution in [3.8, 4) is 11.4 Å². The van der Waals surface area contributed by atoms with Crippen LogP contribution in [0.15, 0.2) is 60.7 Å². The van der Waals surface area contributed by atoms with Gasteiger partial charge >= 0.3 is 0 Å². The van der Waals surface area contributed by atoms with Gasteiger partial charge in [-0.15, -0.1) is 0 Å². The van der Waals surface area contributed by atoms with Crippen LogP contribution in [-0.4, -0.2) is 46.5 Å². The van der Waals surface area contributed by atoms with Crippen molar-refractivity contribution in [3.05, 3.63) is 77.5 Å². The van der Waals surface area contributed by atoms with Gasteiger partial charge in [0.1, 0.15) is 11.5 Å². The second kappa shape index (κ2) is 8.24. The second-order valence-electron chi connectivity index (χ2n) is 7.95. The van der Waals surface area contributed by atoms with Crippen LogP contribution < -0.4 is 10.6 Å². The summed E-state index contributed by atoms with van der Waals surface area (Å²) in [6.45, 7) is 3.59. The fourth-order valence-electron chi connectivity index (χ4n) is 4.26. The molecule has 0 radical (unpaired) electrons. The van der Waals surface area contributed by atoms with Gasteiger partial charge in [0, 0.05) is 43.3 Å². The Morgan fingerprint density at radius 1 is 1.03 bits per heavy atom. The van der Waals surface area contributed by atoms with Crippen LogP contribution in [-0.2, 0) is 13.0 Å². The van der Waals surface area contributed by atoms with Crippen LogP contribution in [0.5, 0.6) is 0 Å². The predicted molar refractivity (Wildman–Crippen MR) is 117 cm³/mol. The summed E-state index contributed by atoms with van der Waals surface area (Å²) in [5, 5.41) is 6.55. The van der Waals surface area contributed by atoms with E-state index in [4.69, 9.17) is 4.98 Å². The Balaban J connectivity index is 1.38. The third-order valence-electron chi connectivity index (χ3n) is 5.78. The van der Waals surface area contributed by atoms with E-state index in [0.29, 0.717) is 24.1 Å². The predicted octanol–water partition coefficient (Wildman–Crippen LogP) is 3.12. The quantitative estimate of drug-likeness (QED) is 0.690. The van der Waals surface area contributed by atoms with E-state index in [9.17, 15) is 4.79 Å². The third-order valence-corrected chi connectivity index (χ3v) is 5.78. The van der Waals surface area contributed by atoms with Gasteiger partial charge in [-0.3, -0.25) is 9.69 Å². The monoisotopic (exact) mass is 399 g/mol. The summed E-state index contributed by atoms with van der Waals surface area (Å²) in [7, 11) is 0. The molecule has 5 rings (SSSR count). The highest BCUT2D eigenvalue weighted by Gasteiger charge is 2.28. The van der Waals surface area contributed by atoms with E-state index < -0.39 is 0 Å². The minimum Gasteiger partial charge on any atom is -0.366 e. The maximum atomic E-state index is 12.5. The van der Waals surface area contributed by atoms with Crippen LogP contribution in [0.4, 0.5) is 5.82 Å². The third kappa shape index (κ3) is 3.91. The summed E-state index contributed by atoms with van der Waals surface area (Å²) in [5.74, 6) is 1.28. The number of carbonyl (C=O) groups excluding carboxylic acids is 1. The fraction of sp³-hybridized carbons (Fsp3) is 0.292. The van der Waals surface area contributed by atoms with Crippen molar-refractivity contribution in [3.63, 3.8) is 0 Å². The van der Waals surface area contributed by atoms with Crippen molar-refractivity contribution in [1.82, 2.24) is 20.2 Å². The number of amides is 1. The molecule has 1 atom stereocenters. The van der Waals surface area contributed by atoms with Gasteiger partial charge in [-0.2, -0.15) is 0 Å². The van der Waals surface area contributed by atoms with E-state index in [1.807, 2.05) is 30.3 Å². The Labute approximate surface area is 176 Å². The summed E-state index contributed by atoms with van der Waals surface area (Å²) in [6, 6.07) is 20.7. The minimum absolute atomic E-state index is 0.115. The van der Waals surface area contributed by atoms with E-state index >= 15 is 0 Å². The zero-order valence-electron chi connectivity index (χ0n) is 16.8. The lowest BCUT2D eigenvalue weighted by Gasteiger charge is -2.22. The molecule has 6 heteroatoms. The number of anilines is 1. The van der Waals surface area contributed by atoms with Crippen molar-refractivity contribution in [2.75, 3.05) is 25.0 Å². The van der Waals surface area contributed by atoms with Crippen molar-refractivity contribution < 1.29 is 4.79 Å². The number of nitrogens with one attached hydrogen (secondary N) is 2. The van der Waals surface area contributed by atoms with E-state index in [2.05, 4.69) is 50.8 Å². The van der Waals surface area contributed by atoms with Crippen LogP contribution in [0.2, 0.25) is 0 Å². The maximum absolute atomic E-state index is 12.5. The SMILES string of the molecule is O=C1NCCc2c(NC3CCN(Cc4ccccc4)C3)nc(-c3ccccc3)nc21. The molecule has 2 aliphatic rings. The van der Waals surface area contributed by atoms with E-state index in [0.717, 1.165) is 49.4 Å². The lowest BCUT2D eigenvalue weighted by Crippen LogP contribution is -2.35. The van der Waals surface area contributed by atoms with Gasteiger partial charge in [0.15, 0.2) is 5.82 Å². The molecule has 3 heterocycles. The number of hydrogen-bond acceptors (Lipinski definition) is 5. The first-order valence-electron chi connectivity index (χ1n) is 10.5. The maximum Gasteiger partial charge on any atom is 0.270 e. The molecule has 0 spiro atoms. The molecule has 152 valence electrons. The van der Waals surface area contributed by atoms with Crippen molar-refractivity contribution in [2.45, 2.75) is 25.4 Å². The molecule has 1 unspecified atom stereocenters. The topological polar surface area (TPSA) is 70.2 Å². The molecule has 2 aliphatic heterocycles. The Morgan fingerprint density at radius 2 is 1.80 bits per heavy atom. The summed E-state index contributed by atoms with van der Waals surface area (Å²) in [6.07, 6.45) is 1.80. The molecule has 1 aromatic heterocycles. The first kappa shape index (κ1) is 18.8. The van der Waals surface area contributed by atoms with E-state index in [-0.39, 0.29) is 5.91 Å². The largest absolute Gasteiger partial charge is 0.366 e. The van der Waals surface area contributed by atoms with Gasteiger partial charge in [-0.1, -0.05) is 60.7 Å². The Kier molecular flexibility index (Phi) is 5.15. The van der Waals surface area contributed by atoms with Gasteiger partial charge < -0.3 is 10.6 Å². The molecule has 2 N–H and O–H groups in total. The van der Waals surface area contributed by atoms with Crippen molar-refractivity contribution >= 4 is 11.7 Å². The Morgan fingerprint density at radius 3 is 2.60 bits per heavy atom. The number of nitrogens with zero attached hydrogens (tertiary/aromatic N) is 3. The summed E-state index contributed by atoms with van der Waals surface area (Å²) in [5.41, 5.74) is 3.68. The van der Waals surface area contributed by atoms with Crippen molar-refractivity contribution in [1.29, 1.82) is 0 Å². The van der Waals surface area contributed by atoms with Crippen LogP contribution in [0.25, 0.3) is 11.4 Å². The molecule has 0 aliphatic carbocycles. The molecule has 1 amide bonds. The summed E-state index contributed by atoms with van der Waals surface area (Å²) >= 11 is 0.